The number of benzene rings is 2. The van der Waals surface area contributed by atoms with E-state index in [1.165, 1.54) is 12.3 Å². The number of pyridine rings is 1. The van der Waals surface area contributed by atoms with Crippen LogP contribution in [0.4, 0.5) is 17.5 Å². The number of aromatic hydroxyl groups is 1. The molecule has 0 fully saturated rings. The van der Waals surface area contributed by atoms with Crippen molar-refractivity contribution in [3.63, 3.8) is 0 Å². The molecule has 160 valence electrons. The summed E-state index contributed by atoms with van der Waals surface area (Å²) in [5, 5.41) is 26.6. The number of phenols is 1. The Morgan fingerprint density at radius 2 is 1.59 bits per heavy atom. The van der Waals surface area contributed by atoms with Gasteiger partial charge in [0.15, 0.2) is 0 Å². The van der Waals surface area contributed by atoms with Gasteiger partial charge in [0, 0.05) is 36.5 Å². The highest BCUT2D eigenvalue weighted by Crippen LogP contribution is 2.31. The van der Waals surface area contributed by atoms with Crippen molar-refractivity contribution in [2.75, 3.05) is 23.7 Å². The van der Waals surface area contributed by atoms with Crippen LogP contribution in [0.1, 0.15) is 0 Å². The molecule has 0 aliphatic heterocycles. The van der Waals surface area contributed by atoms with Gasteiger partial charge in [0.25, 0.3) is 5.69 Å². The molecule has 0 amide bonds. The maximum absolute atomic E-state index is 10.7. The molecule has 2 aromatic carbocycles. The molecule has 9 nitrogen and oxygen atoms in total. The van der Waals surface area contributed by atoms with Crippen molar-refractivity contribution in [3.8, 4) is 28.1 Å². The van der Waals surface area contributed by atoms with Gasteiger partial charge in [-0.1, -0.05) is 30.3 Å². The Hall–Kier alpha value is -4.53. The summed E-state index contributed by atoms with van der Waals surface area (Å²) in [6, 6.07) is 19.7. The number of hydrogen-bond donors (Lipinski definition) is 3. The lowest BCUT2D eigenvalue weighted by atomic mass is 10.0. The zero-order chi connectivity index (χ0) is 22.3. The van der Waals surface area contributed by atoms with E-state index in [4.69, 9.17) is 4.98 Å². The molecule has 0 aliphatic carbocycles. The number of rotatable bonds is 8. The van der Waals surface area contributed by atoms with Gasteiger partial charge in [-0.3, -0.25) is 10.1 Å². The second-order valence-corrected chi connectivity index (χ2v) is 6.88. The van der Waals surface area contributed by atoms with Crippen LogP contribution in [-0.4, -0.2) is 38.1 Å². The minimum absolute atomic E-state index is 0.0534. The van der Waals surface area contributed by atoms with E-state index in [1.807, 2.05) is 42.5 Å². The van der Waals surface area contributed by atoms with E-state index in [0.717, 1.165) is 22.4 Å². The lowest BCUT2D eigenvalue weighted by Crippen LogP contribution is -2.16. The molecule has 3 N–H and O–H groups in total. The van der Waals surface area contributed by atoms with Gasteiger partial charge >= 0.3 is 0 Å². The lowest BCUT2D eigenvalue weighted by molar-refractivity contribution is -0.385. The van der Waals surface area contributed by atoms with E-state index in [9.17, 15) is 15.2 Å². The van der Waals surface area contributed by atoms with E-state index in [2.05, 4.69) is 20.6 Å². The van der Waals surface area contributed by atoms with Crippen LogP contribution in [0.3, 0.4) is 0 Å². The molecular weight excluding hydrogens is 408 g/mol. The quantitative estimate of drug-likeness (QED) is 0.215. The van der Waals surface area contributed by atoms with Crippen molar-refractivity contribution in [2.24, 2.45) is 0 Å². The summed E-state index contributed by atoms with van der Waals surface area (Å²) in [5.41, 5.74) is 3.43. The number of nitrogens with zero attached hydrogens (tertiary/aromatic N) is 4. The molecule has 0 saturated carbocycles. The van der Waals surface area contributed by atoms with Gasteiger partial charge < -0.3 is 15.7 Å². The molecule has 4 aromatic rings. The van der Waals surface area contributed by atoms with Crippen LogP contribution >= 0.6 is 0 Å². The first-order valence-electron chi connectivity index (χ1n) is 9.90. The fraction of sp³-hybridized carbons (Fsp3) is 0.0870. The highest BCUT2D eigenvalue weighted by atomic mass is 16.6. The SMILES string of the molecule is O=[N+]([O-])c1ccc(NCCNc2ncc(-c3ccccc3)c(-c3ccc(O)cc3)n2)nc1. The number of nitrogens with one attached hydrogen (secondary N) is 2. The Morgan fingerprint density at radius 1 is 0.844 bits per heavy atom. The molecule has 0 bridgehead atoms. The van der Waals surface area contributed by atoms with Crippen LogP contribution < -0.4 is 10.6 Å². The van der Waals surface area contributed by atoms with E-state index in [-0.39, 0.29) is 11.4 Å². The van der Waals surface area contributed by atoms with Crippen molar-refractivity contribution in [1.82, 2.24) is 15.0 Å². The summed E-state index contributed by atoms with van der Waals surface area (Å²) in [6.45, 7) is 1.03. The Kier molecular flexibility index (Phi) is 6.17. The molecule has 0 unspecified atom stereocenters. The molecule has 4 rings (SSSR count). The van der Waals surface area contributed by atoms with Gasteiger partial charge in [-0.25, -0.2) is 15.0 Å². The predicted octanol–water partition coefficient (Wildman–Crippen LogP) is 4.34. The van der Waals surface area contributed by atoms with Crippen LogP contribution in [0.25, 0.3) is 22.4 Å². The smallest absolute Gasteiger partial charge is 0.287 e. The first kappa shape index (κ1) is 20.7. The molecule has 2 aromatic heterocycles. The molecule has 2 heterocycles. The predicted molar refractivity (Wildman–Crippen MR) is 122 cm³/mol. The van der Waals surface area contributed by atoms with E-state index >= 15 is 0 Å². The molecule has 0 aliphatic rings. The molecular formula is C23H20N6O3. The monoisotopic (exact) mass is 428 g/mol. The van der Waals surface area contributed by atoms with Crippen LogP contribution in [0, 0.1) is 10.1 Å². The molecule has 32 heavy (non-hydrogen) atoms. The molecule has 9 heteroatoms. The molecule has 0 saturated heterocycles. The Bertz CT molecular complexity index is 1200. The van der Waals surface area contributed by atoms with Crippen molar-refractivity contribution in [2.45, 2.75) is 0 Å². The maximum atomic E-state index is 10.7. The minimum atomic E-state index is -0.486. The zero-order valence-electron chi connectivity index (χ0n) is 17.0. The Labute approximate surface area is 184 Å². The summed E-state index contributed by atoms with van der Waals surface area (Å²) in [5.74, 6) is 1.20. The molecule has 0 atom stereocenters. The van der Waals surface area contributed by atoms with E-state index in [0.29, 0.717) is 24.9 Å². The van der Waals surface area contributed by atoms with Crippen molar-refractivity contribution in [1.29, 1.82) is 0 Å². The fourth-order valence-electron chi connectivity index (χ4n) is 3.10. The van der Waals surface area contributed by atoms with Crippen LogP contribution in [-0.2, 0) is 0 Å². The highest BCUT2D eigenvalue weighted by molar-refractivity contribution is 5.81. The Balaban J connectivity index is 1.47. The van der Waals surface area contributed by atoms with Crippen LogP contribution in [0.2, 0.25) is 0 Å². The third-order valence-electron chi connectivity index (χ3n) is 4.69. The molecule has 0 spiro atoms. The average molecular weight is 428 g/mol. The number of aromatic nitrogens is 3. The second-order valence-electron chi connectivity index (χ2n) is 6.88. The van der Waals surface area contributed by atoms with Gasteiger partial charge in [-0.2, -0.15) is 0 Å². The van der Waals surface area contributed by atoms with Gasteiger partial charge in [0.2, 0.25) is 5.95 Å². The van der Waals surface area contributed by atoms with Crippen LogP contribution in [0.15, 0.2) is 79.1 Å². The number of phenolic OH excluding ortho intramolecular Hbond substituents is 1. The van der Waals surface area contributed by atoms with Gasteiger partial charge in [-0.15, -0.1) is 0 Å². The minimum Gasteiger partial charge on any atom is -0.508 e. The average Bonchev–Trinajstić information content (AvgIpc) is 2.83. The van der Waals surface area contributed by atoms with Crippen molar-refractivity contribution in [3.05, 3.63) is 89.2 Å². The fourth-order valence-corrected chi connectivity index (χ4v) is 3.10. The van der Waals surface area contributed by atoms with Gasteiger partial charge in [0.05, 0.1) is 10.6 Å². The maximum Gasteiger partial charge on any atom is 0.287 e. The largest absolute Gasteiger partial charge is 0.508 e. The van der Waals surface area contributed by atoms with Crippen molar-refractivity contribution >= 4 is 17.5 Å². The second kappa shape index (κ2) is 9.52. The highest BCUT2D eigenvalue weighted by Gasteiger charge is 2.12. The van der Waals surface area contributed by atoms with Gasteiger partial charge in [-0.05, 0) is 35.9 Å². The van der Waals surface area contributed by atoms with Crippen molar-refractivity contribution < 1.29 is 10.0 Å². The first-order valence-corrected chi connectivity index (χ1v) is 9.90. The number of nitro groups is 1. The summed E-state index contributed by atoms with van der Waals surface area (Å²) >= 11 is 0. The summed E-state index contributed by atoms with van der Waals surface area (Å²) in [7, 11) is 0. The normalized spacial score (nSPS) is 10.5. The van der Waals surface area contributed by atoms with E-state index < -0.39 is 4.92 Å². The Morgan fingerprint density at radius 3 is 2.28 bits per heavy atom. The topological polar surface area (TPSA) is 126 Å². The standard InChI is InChI=1S/C23H20N6O3/c30-19-9-6-17(7-10-19)22-20(16-4-2-1-3-5-16)15-27-23(28-22)25-13-12-24-21-11-8-18(14-26-21)29(31)32/h1-11,14-15,30H,12-13H2,(H,24,26)(H,25,27,28). The summed E-state index contributed by atoms with van der Waals surface area (Å²) in [6.07, 6.45) is 2.99. The first-order chi connectivity index (χ1) is 15.6. The summed E-state index contributed by atoms with van der Waals surface area (Å²) in [4.78, 5) is 23.4. The number of hydrogen-bond acceptors (Lipinski definition) is 8. The van der Waals surface area contributed by atoms with E-state index in [1.54, 1.807) is 24.4 Å². The number of anilines is 2. The third kappa shape index (κ3) is 4.96. The summed E-state index contributed by atoms with van der Waals surface area (Å²) < 4.78 is 0. The third-order valence-corrected chi connectivity index (χ3v) is 4.69. The zero-order valence-corrected chi connectivity index (χ0v) is 17.0. The molecule has 0 radical (unpaired) electrons. The lowest BCUT2D eigenvalue weighted by Gasteiger charge is -2.12. The van der Waals surface area contributed by atoms with Gasteiger partial charge in [0.1, 0.15) is 17.8 Å². The van der Waals surface area contributed by atoms with Crippen LogP contribution in [0.5, 0.6) is 5.75 Å².